The molecule has 0 nitrogen and oxygen atoms in total. The molecule has 0 fully saturated rings. The monoisotopic (exact) mass is 354 g/mol. The SMILES string of the molecule is Fc1ccc(F)c(F)c1.[Br][Zn][Br]. The van der Waals surface area contributed by atoms with Gasteiger partial charge in [0.15, 0.2) is 11.6 Å². The molecular formula is C6H3Br2F3Zn. The first-order chi connectivity index (χ1) is 5.61. The van der Waals surface area contributed by atoms with Crippen molar-refractivity contribution in [2.45, 2.75) is 0 Å². The summed E-state index contributed by atoms with van der Waals surface area (Å²) in [5, 5.41) is 0. The molecule has 1 aromatic rings. The molecule has 64 valence electrons. The Morgan fingerprint density at radius 1 is 1.00 bits per heavy atom. The van der Waals surface area contributed by atoms with Crippen molar-refractivity contribution in [3.63, 3.8) is 0 Å². The second kappa shape index (κ2) is 7.04. The van der Waals surface area contributed by atoms with Crippen LogP contribution in [0.4, 0.5) is 13.2 Å². The molecule has 0 unspecified atom stereocenters. The summed E-state index contributed by atoms with van der Waals surface area (Å²) < 4.78 is 35.9. The Labute approximate surface area is 88.8 Å². The topological polar surface area (TPSA) is 0 Å². The normalized spacial score (nSPS) is 8.08. The van der Waals surface area contributed by atoms with E-state index < -0.39 is 17.5 Å². The van der Waals surface area contributed by atoms with Gasteiger partial charge in [-0.1, -0.05) is 0 Å². The molecule has 0 heterocycles. The summed E-state index contributed by atoms with van der Waals surface area (Å²) in [6.45, 7) is 0. The van der Waals surface area contributed by atoms with E-state index in [1.54, 1.807) is 0 Å². The Kier molecular flexibility index (Phi) is 7.39. The van der Waals surface area contributed by atoms with Gasteiger partial charge in [-0.2, -0.15) is 0 Å². The van der Waals surface area contributed by atoms with Crippen LogP contribution in [0, 0.1) is 17.5 Å². The fraction of sp³-hybridized carbons (Fsp3) is 0. The van der Waals surface area contributed by atoms with Crippen molar-refractivity contribution in [3.8, 4) is 0 Å². The van der Waals surface area contributed by atoms with E-state index in [0.29, 0.717) is 6.07 Å². The van der Waals surface area contributed by atoms with Gasteiger partial charge in [0.25, 0.3) is 0 Å². The van der Waals surface area contributed by atoms with E-state index in [0.717, 1.165) is 12.1 Å². The van der Waals surface area contributed by atoms with Crippen LogP contribution in [0.25, 0.3) is 0 Å². The fourth-order valence-corrected chi connectivity index (χ4v) is 0.470. The average Bonchev–Trinajstić information content (AvgIpc) is 1.99. The zero-order chi connectivity index (χ0) is 9.56. The van der Waals surface area contributed by atoms with Gasteiger partial charge in [-0.05, 0) is 12.1 Å². The summed E-state index contributed by atoms with van der Waals surface area (Å²) in [5.74, 6) is -2.96. The van der Waals surface area contributed by atoms with Crippen molar-refractivity contribution >= 4 is 27.2 Å². The number of rotatable bonds is 0. The standard InChI is InChI=1S/C6H3F3.2BrH.Zn/c7-4-1-2-5(8)6(9)3-4;;;/h1-3H;2*1H;/q;;;+2/p-2. The third-order valence-electron chi connectivity index (χ3n) is 0.882. The second-order valence-corrected chi connectivity index (χ2v) is 15.7. The van der Waals surface area contributed by atoms with Crippen LogP contribution >= 0.6 is 27.2 Å². The summed E-state index contributed by atoms with van der Waals surface area (Å²) in [6, 6.07) is 2.10. The molecule has 6 heteroatoms. The van der Waals surface area contributed by atoms with E-state index in [-0.39, 0.29) is 13.2 Å². The van der Waals surface area contributed by atoms with Crippen molar-refractivity contribution < 1.29 is 26.4 Å². The molecular weight excluding hydrogens is 354 g/mol. The van der Waals surface area contributed by atoms with Crippen LogP contribution < -0.4 is 0 Å². The molecule has 1 aromatic carbocycles. The zero-order valence-corrected chi connectivity index (χ0v) is 12.0. The van der Waals surface area contributed by atoms with Gasteiger partial charge in [0.05, 0.1) is 0 Å². The van der Waals surface area contributed by atoms with Crippen molar-refractivity contribution in [1.82, 2.24) is 0 Å². The molecule has 0 amide bonds. The quantitative estimate of drug-likeness (QED) is 0.490. The Hall–Kier alpha value is 0.593. The summed E-state index contributed by atoms with van der Waals surface area (Å²) in [5.41, 5.74) is 0. The first-order valence-corrected chi connectivity index (χ1v) is 16.7. The average molecular weight is 357 g/mol. The molecule has 0 N–H and O–H groups in total. The molecule has 0 aliphatic carbocycles. The molecule has 0 saturated carbocycles. The third-order valence-corrected chi connectivity index (χ3v) is 0.882. The van der Waals surface area contributed by atoms with Crippen molar-refractivity contribution in [3.05, 3.63) is 35.7 Å². The molecule has 0 saturated heterocycles. The van der Waals surface area contributed by atoms with Crippen LogP contribution in [0.1, 0.15) is 0 Å². The predicted molar refractivity (Wildman–Crippen MR) is 44.2 cm³/mol. The van der Waals surface area contributed by atoms with Crippen LogP contribution in [0.15, 0.2) is 18.2 Å². The van der Waals surface area contributed by atoms with E-state index in [9.17, 15) is 13.2 Å². The molecule has 0 spiro atoms. The molecule has 0 atom stereocenters. The Morgan fingerprint density at radius 2 is 1.50 bits per heavy atom. The number of hydrogen-bond acceptors (Lipinski definition) is 0. The Balaban J connectivity index is 0.000000354. The van der Waals surface area contributed by atoms with Crippen LogP contribution in [-0.4, -0.2) is 0 Å². The number of hydrogen-bond donors (Lipinski definition) is 0. The van der Waals surface area contributed by atoms with E-state index in [2.05, 4.69) is 27.2 Å². The summed E-state index contributed by atoms with van der Waals surface area (Å²) in [6.07, 6.45) is 0. The minimum atomic E-state index is -1.16. The summed E-state index contributed by atoms with van der Waals surface area (Å²) in [7, 11) is 0. The zero-order valence-electron chi connectivity index (χ0n) is 5.83. The molecule has 0 radical (unpaired) electrons. The van der Waals surface area contributed by atoms with Gasteiger partial charge >= 0.3 is 40.5 Å². The maximum absolute atomic E-state index is 12.0. The van der Waals surface area contributed by atoms with E-state index >= 15 is 0 Å². The molecule has 0 aromatic heterocycles. The van der Waals surface area contributed by atoms with Crippen molar-refractivity contribution in [2.24, 2.45) is 0 Å². The van der Waals surface area contributed by atoms with Crippen LogP contribution in [0.2, 0.25) is 0 Å². The van der Waals surface area contributed by atoms with Gasteiger partial charge in [0.2, 0.25) is 0 Å². The first-order valence-electron chi connectivity index (χ1n) is 2.84. The Bertz CT molecular complexity index is 244. The Morgan fingerprint density at radius 3 is 1.83 bits per heavy atom. The van der Waals surface area contributed by atoms with E-state index in [1.807, 2.05) is 0 Å². The summed E-state index contributed by atoms with van der Waals surface area (Å²) in [4.78, 5) is 0. The van der Waals surface area contributed by atoms with Crippen molar-refractivity contribution in [1.29, 1.82) is 0 Å². The molecule has 0 bridgehead atoms. The van der Waals surface area contributed by atoms with Gasteiger partial charge in [-0.25, -0.2) is 13.2 Å². The predicted octanol–water partition coefficient (Wildman–Crippen LogP) is 3.79. The fourth-order valence-electron chi connectivity index (χ4n) is 0.470. The maximum atomic E-state index is 12.0. The van der Waals surface area contributed by atoms with Crippen molar-refractivity contribution in [2.75, 3.05) is 0 Å². The van der Waals surface area contributed by atoms with E-state index in [1.165, 1.54) is 0 Å². The number of benzene rings is 1. The molecule has 1 rings (SSSR count). The minimum absolute atomic E-state index is 0.250. The van der Waals surface area contributed by atoms with Gasteiger partial charge in [0.1, 0.15) is 5.82 Å². The summed E-state index contributed by atoms with van der Waals surface area (Å²) >= 11 is 6.25. The van der Waals surface area contributed by atoms with E-state index in [4.69, 9.17) is 0 Å². The van der Waals surface area contributed by atoms with Crippen LogP contribution in [0.5, 0.6) is 0 Å². The second-order valence-electron chi connectivity index (χ2n) is 1.66. The first kappa shape index (κ1) is 12.6. The molecule has 0 aliphatic rings. The van der Waals surface area contributed by atoms with Crippen LogP contribution in [0.3, 0.4) is 0 Å². The van der Waals surface area contributed by atoms with Gasteiger partial charge in [0, 0.05) is 6.07 Å². The van der Waals surface area contributed by atoms with Crippen LogP contribution in [-0.2, 0) is 13.2 Å². The van der Waals surface area contributed by atoms with Gasteiger partial charge < -0.3 is 0 Å². The molecule has 12 heavy (non-hydrogen) atoms. The number of halogens is 5. The van der Waals surface area contributed by atoms with Gasteiger partial charge in [-0.15, -0.1) is 0 Å². The third kappa shape index (κ3) is 5.28. The van der Waals surface area contributed by atoms with Gasteiger partial charge in [-0.3, -0.25) is 0 Å². The molecule has 0 aliphatic heterocycles.